The van der Waals surface area contributed by atoms with E-state index in [1.54, 1.807) is 0 Å². The second-order valence-electron chi connectivity index (χ2n) is 5.98. The molecule has 0 aromatic rings. The van der Waals surface area contributed by atoms with Gasteiger partial charge in [-0.2, -0.15) is 0 Å². The molecule has 0 aromatic heterocycles. The summed E-state index contributed by atoms with van der Waals surface area (Å²) in [5.74, 6) is -2.61. The minimum absolute atomic E-state index is 0.249. The lowest BCUT2D eigenvalue weighted by Gasteiger charge is -2.44. The van der Waals surface area contributed by atoms with Gasteiger partial charge in [0.15, 0.2) is 24.6 Å². The molecule has 1 heterocycles. The van der Waals surface area contributed by atoms with Crippen molar-refractivity contribution in [2.45, 2.75) is 64.8 Å². The zero-order valence-electron chi connectivity index (χ0n) is 16.2. The highest BCUT2D eigenvalue weighted by molar-refractivity contribution is 9.09. The standard InChI is InChI=1S/C17H25BrO10/c1-9(19)24-8-13-14(25-10(2)20)15(26-11(3)21)16(27-12(4)22)17(28-13)23-7-5-6-18/h13-17H,5-8H2,1-4H3/t13?,14-,15+,16?,17+/m1/s1. The van der Waals surface area contributed by atoms with Crippen LogP contribution in [0.25, 0.3) is 0 Å². The highest BCUT2D eigenvalue weighted by Crippen LogP contribution is 2.30. The van der Waals surface area contributed by atoms with Gasteiger partial charge in [0, 0.05) is 33.0 Å². The summed E-state index contributed by atoms with van der Waals surface area (Å²) < 4.78 is 32.2. The average Bonchev–Trinajstić information content (AvgIpc) is 2.57. The predicted octanol–water partition coefficient (Wildman–Crippen LogP) is 0.871. The molecule has 0 N–H and O–H groups in total. The monoisotopic (exact) mass is 468 g/mol. The van der Waals surface area contributed by atoms with Crippen LogP contribution in [0.5, 0.6) is 0 Å². The van der Waals surface area contributed by atoms with Crippen molar-refractivity contribution in [2.24, 2.45) is 0 Å². The third-order valence-electron chi connectivity index (χ3n) is 3.51. The largest absolute Gasteiger partial charge is 0.463 e. The van der Waals surface area contributed by atoms with E-state index in [1.807, 2.05) is 0 Å². The number of carbonyl (C=O) groups is 4. The second-order valence-corrected chi connectivity index (χ2v) is 6.77. The quantitative estimate of drug-likeness (QED) is 0.208. The van der Waals surface area contributed by atoms with Gasteiger partial charge in [0.05, 0.1) is 6.61 Å². The van der Waals surface area contributed by atoms with E-state index in [0.717, 1.165) is 13.8 Å². The predicted molar refractivity (Wildman–Crippen MR) is 96.3 cm³/mol. The zero-order chi connectivity index (χ0) is 21.3. The van der Waals surface area contributed by atoms with Gasteiger partial charge in [-0.15, -0.1) is 0 Å². The number of carbonyl (C=O) groups excluding carboxylic acids is 4. The van der Waals surface area contributed by atoms with Gasteiger partial charge >= 0.3 is 23.9 Å². The SMILES string of the molecule is CC(=O)OCC1O[C@H](OCCCBr)C(OC(C)=O)[C@@H](OC(C)=O)[C@@H]1OC(C)=O. The fraction of sp³-hybridized carbons (Fsp3) is 0.765. The molecular formula is C17H25BrO10. The molecule has 5 atom stereocenters. The molecule has 0 amide bonds. The molecule has 1 aliphatic heterocycles. The molecule has 1 aliphatic rings. The van der Waals surface area contributed by atoms with E-state index in [0.29, 0.717) is 11.8 Å². The Morgan fingerprint density at radius 2 is 1.36 bits per heavy atom. The molecule has 160 valence electrons. The molecule has 28 heavy (non-hydrogen) atoms. The van der Waals surface area contributed by atoms with E-state index in [1.165, 1.54) is 13.8 Å². The smallest absolute Gasteiger partial charge is 0.303 e. The van der Waals surface area contributed by atoms with Crippen molar-refractivity contribution in [3.8, 4) is 0 Å². The molecule has 0 radical (unpaired) electrons. The van der Waals surface area contributed by atoms with Gasteiger partial charge in [-0.05, 0) is 6.42 Å². The first-order valence-corrected chi connectivity index (χ1v) is 9.75. The summed E-state index contributed by atoms with van der Waals surface area (Å²) in [7, 11) is 0. The minimum Gasteiger partial charge on any atom is -0.463 e. The van der Waals surface area contributed by atoms with Crippen molar-refractivity contribution >= 4 is 39.8 Å². The lowest BCUT2D eigenvalue weighted by molar-refractivity contribution is -0.308. The van der Waals surface area contributed by atoms with Crippen LogP contribution in [-0.2, 0) is 47.6 Å². The van der Waals surface area contributed by atoms with Crippen molar-refractivity contribution < 1.29 is 47.6 Å². The summed E-state index contributed by atoms with van der Waals surface area (Å²) in [5, 5.41) is 0.665. The summed E-state index contributed by atoms with van der Waals surface area (Å²) in [5.41, 5.74) is 0. The number of halogens is 1. The first kappa shape index (κ1) is 24.3. The summed E-state index contributed by atoms with van der Waals surface area (Å²) in [6.45, 7) is 4.67. The number of ether oxygens (including phenoxy) is 6. The van der Waals surface area contributed by atoms with Gasteiger partial charge in [-0.1, -0.05) is 15.9 Å². The van der Waals surface area contributed by atoms with Crippen LogP contribution in [0.1, 0.15) is 34.1 Å². The maximum absolute atomic E-state index is 11.6. The minimum atomic E-state index is -1.21. The normalized spacial score (nSPS) is 26.8. The lowest BCUT2D eigenvalue weighted by atomic mass is 9.98. The van der Waals surface area contributed by atoms with Gasteiger partial charge in [-0.3, -0.25) is 19.2 Å². The van der Waals surface area contributed by atoms with E-state index in [2.05, 4.69) is 15.9 Å². The topological polar surface area (TPSA) is 124 Å². The Bertz CT molecular complexity index is 566. The lowest BCUT2D eigenvalue weighted by Crippen LogP contribution is -2.63. The number of rotatable bonds is 9. The summed E-state index contributed by atoms with van der Waals surface area (Å²) in [4.78, 5) is 46.0. The summed E-state index contributed by atoms with van der Waals surface area (Å²) in [6, 6.07) is 0. The Hall–Kier alpha value is -1.72. The molecule has 2 unspecified atom stereocenters. The van der Waals surface area contributed by atoms with Crippen molar-refractivity contribution in [1.82, 2.24) is 0 Å². The Morgan fingerprint density at radius 3 is 1.86 bits per heavy atom. The molecule has 0 saturated carbocycles. The maximum atomic E-state index is 11.6. The number of esters is 4. The molecule has 0 spiro atoms. The van der Waals surface area contributed by atoms with Gasteiger partial charge < -0.3 is 28.4 Å². The van der Waals surface area contributed by atoms with Crippen molar-refractivity contribution in [3.05, 3.63) is 0 Å². The van der Waals surface area contributed by atoms with Crippen LogP contribution in [0.15, 0.2) is 0 Å². The van der Waals surface area contributed by atoms with Crippen LogP contribution in [0.2, 0.25) is 0 Å². The molecule has 1 saturated heterocycles. The van der Waals surface area contributed by atoms with Gasteiger partial charge in [0.25, 0.3) is 0 Å². The molecule has 1 rings (SSSR count). The fourth-order valence-electron chi connectivity index (χ4n) is 2.58. The Balaban J connectivity index is 3.21. The van der Waals surface area contributed by atoms with E-state index < -0.39 is 54.6 Å². The van der Waals surface area contributed by atoms with Gasteiger partial charge in [-0.25, -0.2) is 0 Å². The summed E-state index contributed by atoms with van der Waals surface area (Å²) in [6.07, 6.45) is -5.07. The second kappa shape index (κ2) is 12.0. The molecule has 10 nitrogen and oxygen atoms in total. The first-order chi connectivity index (χ1) is 13.1. The molecule has 1 fully saturated rings. The average molecular weight is 469 g/mol. The van der Waals surface area contributed by atoms with E-state index >= 15 is 0 Å². The van der Waals surface area contributed by atoms with Gasteiger partial charge in [0.2, 0.25) is 0 Å². The highest BCUT2D eigenvalue weighted by atomic mass is 79.9. The highest BCUT2D eigenvalue weighted by Gasteiger charge is 2.52. The van der Waals surface area contributed by atoms with E-state index in [4.69, 9.17) is 28.4 Å². The zero-order valence-corrected chi connectivity index (χ0v) is 17.8. The van der Waals surface area contributed by atoms with Crippen LogP contribution >= 0.6 is 15.9 Å². The Morgan fingerprint density at radius 1 is 0.821 bits per heavy atom. The molecule has 0 aromatic carbocycles. The van der Waals surface area contributed by atoms with Crippen LogP contribution in [0.3, 0.4) is 0 Å². The van der Waals surface area contributed by atoms with Crippen molar-refractivity contribution in [3.63, 3.8) is 0 Å². The van der Waals surface area contributed by atoms with Crippen LogP contribution in [-0.4, -0.2) is 73.1 Å². The molecule has 0 bridgehead atoms. The van der Waals surface area contributed by atoms with Crippen molar-refractivity contribution in [1.29, 1.82) is 0 Å². The van der Waals surface area contributed by atoms with Gasteiger partial charge in [0.1, 0.15) is 12.7 Å². The summed E-state index contributed by atoms with van der Waals surface area (Å²) >= 11 is 3.27. The molecule has 11 heteroatoms. The first-order valence-electron chi connectivity index (χ1n) is 8.63. The van der Waals surface area contributed by atoms with Crippen LogP contribution < -0.4 is 0 Å². The van der Waals surface area contributed by atoms with Crippen molar-refractivity contribution in [2.75, 3.05) is 18.5 Å². The third-order valence-corrected chi connectivity index (χ3v) is 4.07. The van der Waals surface area contributed by atoms with E-state index in [9.17, 15) is 19.2 Å². The number of hydrogen-bond donors (Lipinski definition) is 0. The van der Waals surface area contributed by atoms with E-state index in [-0.39, 0.29) is 13.2 Å². The third kappa shape index (κ3) is 8.11. The number of alkyl halides is 1. The Labute approximate surface area is 171 Å². The number of hydrogen-bond acceptors (Lipinski definition) is 10. The fourth-order valence-corrected chi connectivity index (χ4v) is 2.81. The van der Waals surface area contributed by atoms with Crippen LogP contribution in [0.4, 0.5) is 0 Å². The Kier molecular flexibility index (Phi) is 10.4. The molecule has 0 aliphatic carbocycles. The molecular weight excluding hydrogens is 444 g/mol. The maximum Gasteiger partial charge on any atom is 0.303 e. The van der Waals surface area contributed by atoms with Crippen LogP contribution in [0, 0.1) is 0 Å².